The fraction of sp³-hybridized carbons (Fsp3) is 0.267. The molecule has 5 aromatic rings. The van der Waals surface area contributed by atoms with Crippen LogP contribution in [0.4, 0.5) is 11.5 Å². The van der Waals surface area contributed by atoms with Crippen LogP contribution in [0.5, 0.6) is 0 Å². The normalized spacial score (nSPS) is 14.0. The molecule has 1 fully saturated rings. The van der Waals surface area contributed by atoms with Crippen molar-refractivity contribution >= 4 is 40.0 Å². The third-order valence-electron chi connectivity index (χ3n) is 7.37. The van der Waals surface area contributed by atoms with Crippen LogP contribution in [0.1, 0.15) is 54.7 Å². The second-order valence-corrected chi connectivity index (χ2v) is 10.9. The molecule has 1 aliphatic heterocycles. The summed E-state index contributed by atoms with van der Waals surface area (Å²) < 4.78 is 8.84. The van der Waals surface area contributed by atoms with E-state index in [4.69, 9.17) is 22.1 Å². The van der Waals surface area contributed by atoms with Crippen molar-refractivity contribution in [1.82, 2.24) is 29.3 Å². The monoisotopic (exact) mass is 584 g/mol. The summed E-state index contributed by atoms with van der Waals surface area (Å²) in [5.74, 6) is 0.0972. The molecule has 3 N–H and O–H groups in total. The maximum absolute atomic E-state index is 13.4. The summed E-state index contributed by atoms with van der Waals surface area (Å²) in [5, 5.41) is 8.49. The number of hydrogen-bond donors (Lipinski definition) is 2. The number of anilines is 2. The van der Waals surface area contributed by atoms with Gasteiger partial charge in [0, 0.05) is 42.9 Å². The maximum atomic E-state index is 13.4. The van der Waals surface area contributed by atoms with E-state index in [2.05, 4.69) is 36.1 Å². The standard InChI is InChI=1S/C30H29ClN8O3/c1-17(2)24-13-22(30(41)39(37-24)25-8-5-19(31)14-33-25)29(40)36-20-6-3-18(4-7-20)23-15-38(21-9-11-42-12-10-21)28-26(23)27(32)34-16-35-28/h3-8,13-17,21H,9-12H2,1-2H3,(H,36,40)(H2,32,34,35). The number of carbonyl (C=O) groups is 1. The minimum Gasteiger partial charge on any atom is -0.383 e. The van der Waals surface area contributed by atoms with E-state index in [9.17, 15) is 9.59 Å². The van der Waals surface area contributed by atoms with Crippen LogP contribution in [-0.4, -0.2) is 48.4 Å². The van der Waals surface area contributed by atoms with Crippen LogP contribution in [0, 0.1) is 0 Å². The third-order valence-corrected chi connectivity index (χ3v) is 7.60. The van der Waals surface area contributed by atoms with Gasteiger partial charge >= 0.3 is 0 Å². The predicted molar refractivity (Wildman–Crippen MR) is 161 cm³/mol. The molecule has 0 aliphatic carbocycles. The van der Waals surface area contributed by atoms with Gasteiger partial charge in [0.25, 0.3) is 11.5 Å². The molecule has 5 heterocycles. The number of hydrogen-bond acceptors (Lipinski definition) is 8. The zero-order chi connectivity index (χ0) is 29.4. The summed E-state index contributed by atoms with van der Waals surface area (Å²) in [4.78, 5) is 39.7. The van der Waals surface area contributed by atoms with Gasteiger partial charge in [-0.15, -0.1) is 0 Å². The Labute approximate surface area is 246 Å². The van der Waals surface area contributed by atoms with Crippen molar-refractivity contribution in [3.05, 3.63) is 87.8 Å². The van der Waals surface area contributed by atoms with E-state index in [0.29, 0.717) is 35.4 Å². The molecule has 6 rings (SSSR count). The van der Waals surface area contributed by atoms with Crippen LogP contribution in [-0.2, 0) is 4.74 Å². The van der Waals surface area contributed by atoms with Crippen LogP contribution in [0.15, 0.2) is 66.0 Å². The fourth-order valence-electron chi connectivity index (χ4n) is 5.11. The smallest absolute Gasteiger partial charge is 0.285 e. The van der Waals surface area contributed by atoms with Crippen molar-refractivity contribution in [2.24, 2.45) is 0 Å². The van der Waals surface area contributed by atoms with Crippen molar-refractivity contribution in [3.63, 3.8) is 0 Å². The highest BCUT2D eigenvalue weighted by atomic mass is 35.5. The Morgan fingerprint density at radius 3 is 2.55 bits per heavy atom. The molecule has 0 atom stereocenters. The number of ether oxygens (including phenoxy) is 1. The lowest BCUT2D eigenvalue weighted by molar-refractivity contribution is 0.0706. The topological polar surface area (TPSA) is 143 Å². The molecule has 214 valence electrons. The van der Waals surface area contributed by atoms with Crippen LogP contribution in [0.2, 0.25) is 5.02 Å². The average molecular weight is 585 g/mol. The highest BCUT2D eigenvalue weighted by Crippen LogP contribution is 2.36. The van der Waals surface area contributed by atoms with Crippen molar-refractivity contribution in [2.45, 2.75) is 38.6 Å². The molecule has 0 radical (unpaired) electrons. The Balaban J connectivity index is 1.31. The SMILES string of the molecule is CC(C)c1cc(C(=O)Nc2ccc(-c3cn(C4CCOCC4)c4ncnc(N)c34)cc2)c(=O)n(-c2ccc(Cl)cn2)n1. The molecule has 4 aromatic heterocycles. The van der Waals surface area contributed by atoms with E-state index in [0.717, 1.165) is 39.7 Å². The molecule has 0 spiro atoms. The molecular formula is C30H29ClN8O3. The lowest BCUT2D eigenvalue weighted by Crippen LogP contribution is -2.31. The number of fused-ring (bicyclic) bond motifs is 1. The van der Waals surface area contributed by atoms with Crippen LogP contribution < -0.4 is 16.6 Å². The first-order valence-electron chi connectivity index (χ1n) is 13.7. The second-order valence-electron chi connectivity index (χ2n) is 10.5. The van der Waals surface area contributed by atoms with Crippen LogP contribution in [0.3, 0.4) is 0 Å². The van der Waals surface area contributed by atoms with Gasteiger partial charge in [-0.1, -0.05) is 37.6 Å². The first kappa shape index (κ1) is 27.6. The number of aromatic nitrogens is 6. The van der Waals surface area contributed by atoms with Gasteiger partial charge in [0.2, 0.25) is 0 Å². The van der Waals surface area contributed by atoms with E-state index < -0.39 is 11.5 Å². The number of carbonyl (C=O) groups excluding carboxylic acids is 1. The Morgan fingerprint density at radius 1 is 1.10 bits per heavy atom. The minimum atomic E-state index is -0.584. The van der Waals surface area contributed by atoms with Gasteiger partial charge in [-0.05, 0) is 54.7 Å². The number of nitrogens with one attached hydrogen (secondary N) is 1. The molecule has 1 aromatic carbocycles. The van der Waals surface area contributed by atoms with E-state index in [1.807, 2.05) is 26.0 Å². The largest absolute Gasteiger partial charge is 0.383 e. The summed E-state index contributed by atoms with van der Waals surface area (Å²) in [6, 6.07) is 12.3. The number of nitrogens with two attached hydrogens (primary N) is 1. The van der Waals surface area contributed by atoms with Crippen molar-refractivity contribution in [2.75, 3.05) is 24.3 Å². The van der Waals surface area contributed by atoms with Gasteiger partial charge in [-0.25, -0.2) is 15.0 Å². The summed E-state index contributed by atoms with van der Waals surface area (Å²) in [7, 11) is 0. The van der Waals surface area contributed by atoms with Gasteiger partial charge < -0.3 is 20.4 Å². The molecule has 11 nitrogen and oxygen atoms in total. The maximum Gasteiger partial charge on any atom is 0.285 e. The first-order valence-corrected chi connectivity index (χ1v) is 14.0. The predicted octanol–water partition coefficient (Wildman–Crippen LogP) is 5.00. The number of halogens is 1. The Morgan fingerprint density at radius 2 is 1.86 bits per heavy atom. The fourth-order valence-corrected chi connectivity index (χ4v) is 5.22. The lowest BCUT2D eigenvalue weighted by atomic mass is 10.1. The zero-order valence-electron chi connectivity index (χ0n) is 23.1. The van der Waals surface area contributed by atoms with E-state index in [1.54, 1.807) is 24.3 Å². The molecule has 1 aliphatic rings. The summed E-state index contributed by atoms with van der Waals surface area (Å²) in [5.41, 5.74) is 9.37. The summed E-state index contributed by atoms with van der Waals surface area (Å²) in [6.45, 7) is 5.27. The number of rotatable bonds is 6. The molecule has 0 bridgehead atoms. The van der Waals surface area contributed by atoms with Crippen molar-refractivity contribution in [3.8, 4) is 16.9 Å². The molecule has 1 saturated heterocycles. The van der Waals surface area contributed by atoms with Crippen molar-refractivity contribution < 1.29 is 9.53 Å². The highest BCUT2D eigenvalue weighted by molar-refractivity contribution is 6.30. The molecule has 1 amide bonds. The first-order chi connectivity index (χ1) is 20.3. The average Bonchev–Trinajstić information content (AvgIpc) is 3.39. The van der Waals surface area contributed by atoms with E-state index in [-0.39, 0.29) is 23.3 Å². The molecule has 12 heteroatoms. The van der Waals surface area contributed by atoms with Gasteiger partial charge in [-0.3, -0.25) is 9.59 Å². The van der Waals surface area contributed by atoms with Crippen LogP contribution >= 0.6 is 11.6 Å². The summed E-state index contributed by atoms with van der Waals surface area (Å²) >= 11 is 5.96. The lowest BCUT2D eigenvalue weighted by Gasteiger charge is -2.24. The number of nitrogen functional groups attached to an aromatic ring is 1. The summed E-state index contributed by atoms with van der Waals surface area (Å²) in [6.07, 6.45) is 6.76. The Bertz CT molecular complexity index is 1830. The van der Waals surface area contributed by atoms with E-state index in [1.165, 1.54) is 18.6 Å². The van der Waals surface area contributed by atoms with Gasteiger partial charge in [0.05, 0.1) is 16.1 Å². The number of amides is 1. The zero-order valence-corrected chi connectivity index (χ0v) is 23.9. The molecule has 0 unspecified atom stereocenters. The quantitative estimate of drug-likeness (QED) is 0.284. The van der Waals surface area contributed by atoms with Crippen molar-refractivity contribution in [1.29, 1.82) is 0 Å². The Kier molecular flexibility index (Phi) is 7.44. The van der Waals surface area contributed by atoms with Gasteiger partial charge in [-0.2, -0.15) is 9.78 Å². The number of nitrogens with zero attached hydrogens (tertiary/aromatic N) is 6. The molecule has 42 heavy (non-hydrogen) atoms. The number of pyridine rings is 1. The van der Waals surface area contributed by atoms with Gasteiger partial charge in [0.15, 0.2) is 5.82 Å². The van der Waals surface area contributed by atoms with Crippen LogP contribution in [0.25, 0.3) is 28.0 Å². The molecule has 0 saturated carbocycles. The second kappa shape index (κ2) is 11.3. The van der Waals surface area contributed by atoms with Gasteiger partial charge in [0.1, 0.15) is 23.4 Å². The molecular weight excluding hydrogens is 556 g/mol. The minimum absolute atomic E-state index is 0.0327. The Hall–Kier alpha value is -4.61. The highest BCUT2D eigenvalue weighted by Gasteiger charge is 2.23. The van der Waals surface area contributed by atoms with E-state index >= 15 is 0 Å². The number of benzene rings is 1. The third kappa shape index (κ3) is 5.24.